The van der Waals surface area contributed by atoms with Crippen LogP contribution >= 0.6 is 0 Å². The molecule has 0 aromatic heterocycles. The lowest BCUT2D eigenvalue weighted by molar-refractivity contribution is -0.138. The molecule has 0 aliphatic rings. The second-order valence-electron chi connectivity index (χ2n) is 3.73. The molecule has 0 heterocycles. The Labute approximate surface area is 92.5 Å². The normalized spacial score (nSPS) is 10.7. The molecule has 15 heavy (non-hydrogen) atoms. The van der Waals surface area contributed by atoms with E-state index in [0.29, 0.717) is 19.8 Å². The zero-order chi connectivity index (χ0) is 11.7. The van der Waals surface area contributed by atoms with E-state index in [1.807, 2.05) is 20.8 Å². The van der Waals surface area contributed by atoms with E-state index in [1.54, 1.807) is 12.0 Å². The summed E-state index contributed by atoms with van der Waals surface area (Å²) in [5, 5.41) is 0. The number of carbonyl (C=O) groups is 1. The first-order valence-corrected chi connectivity index (χ1v) is 5.49. The van der Waals surface area contributed by atoms with Gasteiger partial charge in [-0.3, -0.25) is 4.79 Å². The molecule has 0 spiro atoms. The lowest BCUT2D eigenvalue weighted by Crippen LogP contribution is -2.41. The summed E-state index contributed by atoms with van der Waals surface area (Å²) in [5.41, 5.74) is 0. The Morgan fingerprint density at radius 3 is 2.47 bits per heavy atom. The van der Waals surface area contributed by atoms with Gasteiger partial charge in [-0.05, 0) is 20.3 Å². The number of nitrogens with zero attached hydrogens (tertiary/aromatic N) is 1. The van der Waals surface area contributed by atoms with Gasteiger partial charge in [0.1, 0.15) is 6.61 Å². The number of amides is 1. The second-order valence-corrected chi connectivity index (χ2v) is 3.73. The average Bonchev–Trinajstić information content (AvgIpc) is 2.18. The summed E-state index contributed by atoms with van der Waals surface area (Å²) in [6.07, 6.45) is 0.938. The van der Waals surface area contributed by atoms with Crippen molar-refractivity contribution in [3.8, 4) is 0 Å². The summed E-state index contributed by atoms with van der Waals surface area (Å²) in [5.74, 6) is 0.0375. The monoisotopic (exact) mass is 217 g/mol. The smallest absolute Gasteiger partial charge is 0.248 e. The van der Waals surface area contributed by atoms with Crippen LogP contribution in [-0.4, -0.2) is 50.3 Å². The molecular formula is C11H23NO3. The van der Waals surface area contributed by atoms with E-state index >= 15 is 0 Å². The van der Waals surface area contributed by atoms with Crippen molar-refractivity contribution in [2.75, 3.05) is 33.5 Å². The maximum absolute atomic E-state index is 11.7. The molecule has 0 bridgehead atoms. The van der Waals surface area contributed by atoms with Crippen molar-refractivity contribution < 1.29 is 14.3 Å². The molecular weight excluding hydrogens is 194 g/mol. The molecule has 0 unspecified atom stereocenters. The molecule has 1 amide bonds. The molecule has 0 atom stereocenters. The van der Waals surface area contributed by atoms with E-state index < -0.39 is 0 Å². The van der Waals surface area contributed by atoms with Crippen molar-refractivity contribution in [2.45, 2.75) is 33.2 Å². The Balaban J connectivity index is 3.93. The molecule has 90 valence electrons. The van der Waals surface area contributed by atoms with Crippen molar-refractivity contribution in [1.29, 1.82) is 0 Å². The van der Waals surface area contributed by atoms with Crippen LogP contribution < -0.4 is 0 Å². The van der Waals surface area contributed by atoms with Crippen molar-refractivity contribution in [3.63, 3.8) is 0 Å². The number of hydrogen-bond acceptors (Lipinski definition) is 3. The topological polar surface area (TPSA) is 38.8 Å². The molecule has 0 aliphatic carbocycles. The highest BCUT2D eigenvalue weighted by atomic mass is 16.5. The van der Waals surface area contributed by atoms with Crippen LogP contribution in [0.1, 0.15) is 27.2 Å². The predicted octanol–water partition coefficient (Wildman–Crippen LogP) is 1.30. The highest BCUT2D eigenvalue weighted by molar-refractivity contribution is 5.77. The van der Waals surface area contributed by atoms with Crippen LogP contribution in [0.2, 0.25) is 0 Å². The van der Waals surface area contributed by atoms with E-state index in [4.69, 9.17) is 9.47 Å². The molecule has 0 aromatic carbocycles. The summed E-state index contributed by atoms with van der Waals surface area (Å²) < 4.78 is 10.2. The Hall–Kier alpha value is -0.610. The fourth-order valence-electron chi connectivity index (χ4n) is 1.25. The van der Waals surface area contributed by atoms with Crippen LogP contribution in [0.5, 0.6) is 0 Å². The Morgan fingerprint density at radius 2 is 2.00 bits per heavy atom. The third-order valence-electron chi connectivity index (χ3n) is 2.05. The number of rotatable bonds is 8. The minimum atomic E-state index is 0.0375. The maximum Gasteiger partial charge on any atom is 0.248 e. The van der Waals surface area contributed by atoms with Crippen LogP contribution in [0, 0.1) is 0 Å². The highest BCUT2D eigenvalue weighted by Gasteiger charge is 2.16. The molecule has 0 radical (unpaired) electrons. The Kier molecular flexibility index (Phi) is 8.33. The van der Waals surface area contributed by atoms with Crippen molar-refractivity contribution in [3.05, 3.63) is 0 Å². The van der Waals surface area contributed by atoms with Crippen LogP contribution in [0.25, 0.3) is 0 Å². The Bertz CT molecular complexity index is 171. The first-order valence-electron chi connectivity index (χ1n) is 5.49. The molecule has 0 rings (SSSR count). The number of methoxy groups -OCH3 is 1. The summed E-state index contributed by atoms with van der Waals surface area (Å²) in [4.78, 5) is 13.5. The third-order valence-corrected chi connectivity index (χ3v) is 2.05. The standard InChI is InChI=1S/C11H23NO3/c1-5-7-15-9-11(13)12(10(2)3)6-8-14-4/h10H,5-9H2,1-4H3. The van der Waals surface area contributed by atoms with Crippen molar-refractivity contribution in [2.24, 2.45) is 0 Å². The molecule has 0 aliphatic heterocycles. The Morgan fingerprint density at radius 1 is 1.33 bits per heavy atom. The minimum Gasteiger partial charge on any atom is -0.383 e. The minimum absolute atomic E-state index is 0.0375. The summed E-state index contributed by atoms with van der Waals surface area (Å²) >= 11 is 0. The summed E-state index contributed by atoms with van der Waals surface area (Å²) in [6, 6.07) is 0.192. The lowest BCUT2D eigenvalue weighted by Gasteiger charge is -2.26. The van der Waals surface area contributed by atoms with Gasteiger partial charge in [0.2, 0.25) is 5.91 Å². The van der Waals surface area contributed by atoms with E-state index in [9.17, 15) is 4.79 Å². The third kappa shape index (κ3) is 6.47. The van der Waals surface area contributed by atoms with Gasteiger partial charge in [0.25, 0.3) is 0 Å². The zero-order valence-corrected chi connectivity index (χ0v) is 10.3. The van der Waals surface area contributed by atoms with Gasteiger partial charge in [-0.2, -0.15) is 0 Å². The highest BCUT2D eigenvalue weighted by Crippen LogP contribution is 1.99. The van der Waals surface area contributed by atoms with Gasteiger partial charge >= 0.3 is 0 Å². The van der Waals surface area contributed by atoms with Gasteiger partial charge in [-0.1, -0.05) is 6.92 Å². The number of ether oxygens (including phenoxy) is 2. The number of hydrogen-bond donors (Lipinski definition) is 0. The molecule has 4 nitrogen and oxygen atoms in total. The van der Waals surface area contributed by atoms with E-state index in [0.717, 1.165) is 6.42 Å². The van der Waals surface area contributed by atoms with E-state index in [-0.39, 0.29) is 18.6 Å². The molecule has 0 fully saturated rings. The van der Waals surface area contributed by atoms with Gasteiger partial charge in [-0.25, -0.2) is 0 Å². The molecule has 0 saturated carbocycles. The zero-order valence-electron chi connectivity index (χ0n) is 10.3. The lowest BCUT2D eigenvalue weighted by atomic mass is 10.3. The molecule has 0 saturated heterocycles. The first-order chi connectivity index (χ1) is 7.13. The SMILES string of the molecule is CCCOCC(=O)N(CCOC)C(C)C. The van der Waals surface area contributed by atoms with Gasteiger partial charge in [-0.15, -0.1) is 0 Å². The fraction of sp³-hybridized carbons (Fsp3) is 0.909. The second kappa shape index (κ2) is 8.68. The van der Waals surface area contributed by atoms with Gasteiger partial charge < -0.3 is 14.4 Å². The summed E-state index contributed by atoms with van der Waals surface area (Å²) in [6.45, 7) is 8.02. The molecule has 0 aromatic rings. The largest absolute Gasteiger partial charge is 0.383 e. The van der Waals surface area contributed by atoms with Crippen LogP contribution in [0.3, 0.4) is 0 Å². The fourth-order valence-corrected chi connectivity index (χ4v) is 1.25. The van der Waals surface area contributed by atoms with Crippen LogP contribution in [-0.2, 0) is 14.3 Å². The average molecular weight is 217 g/mol. The van der Waals surface area contributed by atoms with E-state index in [1.165, 1.54) is 0 Å². The van der Waals surface area contributed by atoms with Gasteiger partial charge in [0.15, 0.2) is 0 Å². The predicted molar refractivity (Wildman–Crippen MR) is 59.8 cm³/mol. The quantitative estimate of drug-likeness (QED) is 0.575. The van der Waals surface area contributed by atoms with Crippen molar-refractivity contribution in [1.82, 2.24) is 4.90 Å². The maximum atomic E-state index is 11.7. The van der Waals surface area contributed by atoms with Crippen LogP contribution in [0.15, 0.2) is 0 Å². The van der Waals surface area contributed by atoms with Crippen molar-refractivity contribution >= 4 is 5.91 Å². The van der Waals surface area contributed by atoms with Gasteiger partial charge in [0.05, 0.1) is 6.61 Å². The number of carbonyl (C=O) groups excluding carboxylic acids is 1. The van der Waals surface area contributed by atoms with Gasteiger partial charge in [0, 0.05) is 26.3 Å². The summed E-state index contributed by atoms with van der Waals surface area (Å²) in [7, 11) is 1.64. The molecule has 4 heteroatoms. The first kappa shape index (κ1) is 14.4. The van der Waals surface area contributed by atoms with Crippen LogP contribution in [0.4, 0.5) is 0 Å². The van der Waals surface area contributed by atoms with E-state index in [2.05, 4.69) is 0 Å². The molecule has 0 N–H and O–H groups in total.